The van der Waals surface area contributed by atoms with Gasteiger partial charge in [0.15, 0.2) is 0 Å². The predicted molar refractivity (Wildman–Crippen MR) is 101 cm³/mol. The number of rotatable bonds is 4. The summed E-state index contributed by atoms with van der Waals surface area (Å²) in [5, 5.41) is 0. The van der Waals surface area contributed by atoms with Crippen molar-refractivity contribution in [2.24, 2.45) is 0 Å². The molecule has 0 aliphatic heterocycles. The maximum atomic E-state index is 3.95. The standard InChI is InChI=1S/C21H26B.Li/c1-8-9-22(20-16(4)10-14(2)11-17(20)5)21-18(6)12-15(3)13-19(21)7;/h8-13H,1H2,2-7H3;/q-1;+1. The zero-order chi connectivity index (χ0) is 16.4. The molecular formula is C21H26BLi. The molecule has 0 amide bonds. The van der Waals surface area contributed by atoms with Gasteiger partial charge in [0, 0.05) is 0 Å². The molecule has 0 aromatic heterocycles. The van der Waals surface area contributed by atoms with Gasteiger partial charge in [-0.3, -0.25) is 0 Å². The van der Waals surface area contributed by atoms with E-state index < -0.39 is 0 Å². The van der Waals surface area contributed by atoms with E-state index in [1.54, 1.807) is 0 Å². The molecule has 0 fully saturated rings. The minimum atomic E-state index is 0. The topological polar surface area (TPSA) is 0 Å². The Morgan fingerprint density at radius 3 is 1.30 bits per heavy atom. The van der Waals surface area contributed by atoms with Crippen molar-refractivity contribution >= 4 is 17.6 Å². The van der Waals surface area contributed by atoms with Gasteiger partial charge in [0.1, 0.15) is 6.71 Å². The van der Waals surface area contributed by atoms with Crippen LogP contribution in [0.25, 0.3) is 0 Å². The Morgan fingerprint density at radius 2 is 1.04 bits per heavy atom. The fourth-order valence-corrected chi connectivity index (χ4v) is 3.84. The maximum Gasteiger partial charge on any atom is 1.00 e. The third kappa shape index (κ3) is 4.17. The van der Waals surface area contributed by atoms with E-state index in [4.69, 9.17) is 0 Å². The van der Waals surface area contributed by atoms with Crippen LogP contribution in [0.2, 0.25) is 0 Å². The molecule has 0 aliphatic rings. The van der Waals surface area contributed by atoms with Crippen molar-refractivity contribution in [3.63, 3.8) is 0 Å². The first-order valence-electron chi connectivity index (χ1n) is 7.96. The number of aryl methyl sites for hydroxylation is 6. The SMILES string of the molecule is C=C[CH-]B(c1c(C)cc(C)cc1C)c1c(C)cc(C)cc1C.[Li+]. The van der Waals surface area contributed by atoms with Crippen LogP contribution in [-0.4, -0.2) is 6.71 Å². The first kappa shape index (κ1) is 19.8. The fourth-order valence-electron chi connectivity index (χ4n) is 3.84. The van der Waals surface area contributed by atoms with Crippen molar-refractivity contribution in [3.8, 4) is 0 Å². The summed E-state index contributed by atoms with van der Waals surface area (Å²) in [6.07, 6.45) is 4.16. The summed E-state index contributed by atoms with van der Waals surface area (Å²) in [7, 11) is 0. The van der Waals surface area contributed by atoms with E-state index in [0.29, 0.717) is 0 Å². The summed E-state index contributed by atoms with van der Waals surface area (Å²) in [6, 6.07) is 9.13. The molecule has 0 aliphatic carbocycles. The zero-order valence-corrected chi connectivity index (χ0v) is 15.7. The van der Waals surface area contributed by atoms with Crippen LogP contribution in [0, 0.1) is 47.9 Å². The molecule has 0 unspecified atom stereocenters. The Morgan fingerprint density at radius 1 is 0.739 bits per heavy atom. The molecule has 0 atom stereocenters. The van der Waals surface area contributed by atoms with Gasteiger partial charge in [0.25, 0.3) is 0 Å². The molecule has 2 aromatic rings. The Balaban J connectivity index is 0.00000264. The Labute approximate surface area is 154 Å². The average Bonchev–Trinajstić information content (AvgIpc) is 2.36. The van der Waals surface area contributed by atoms with Gasteiger partial charge >= 0.3 is 18.9 Å². The van der Waals surface area contributed by atoms with Crippen LogP contribution in [-0.2, 0) is 0 Å². The van der Waals surface area contributed by atoms with Gasteiger partial charge in [-0.1, -0.05) is 68.6 Å². The molecule has 23 heavy (non-hydrogen) atoms. The quantitative estimate of drug-likeness (QED) is 0.585. The first-order valence-corrected chi connectivity index (χ1v) is 7.96. The van der Waals surface area contributed by atoms with Gasteiger partial charge < -0.3 is 0 Å². The molecular weight excluding hydrogens is 270 g/mol. The van der Waals surface area contributed by atoms with Crippen LogP contribution >= 0.6 is 0 Å². The third-order valence-corrected chi connectivity index (χ3v) is 4.43. The largest absolute Gasteiger partial charge is 1.00 e. The minimum absolute atomic E-state index is 0. The van der Waals surface area contributed by atoms with Crippen molar-refractivity contribution < 1.29 is 18.9 Å². The van der Waals surface area contributed by atoms with E-state index >= 15 is 0 Å². The number of benzene rings is 2. The number of hydrogen-bond acceptors (Lipinski definition) is 0. The minimum Gasteiger partial charge on any atom is -0.245 e. The second-order valence-electron chi connectivity index (χ2n) is 6.53. The monoisotopic (exact) mass is 296 g/mol. The van der Waals surface area contributed by atoms with Crippen LogP contribution in [0.4, 0.5) is 0 Å². The Kier molecular flexibility index (Phi) is 6.87. The molecule has 0 N–H and O–H groups in total. The molecule has 0 saturated carbocycles. The molecule has 0 radical (unpaired) electrons. The van der Waals surface area contributed by atoms with E-state index in [9.17, 15) is 0 Å². The van der Waals surface area contributed by atoms with E-state index in [1.807, 2.05) is 6.08 Å². The van der Waals surface area contributed by atoms with E-state index in [-0.39, 0.29) is 25.6 Å². The van der Waals surface area contributed by atoms with Crippen LogP contribution in [0.3, 0.4) is 0 Å². The maximum absolute atomic E-state index is 3.95. The van der Waals surface area contributed by atoms with Crippen LogP contribution in [0.5, 0.6) is 0 Å². The molecule has 114 valence electrons. The van der Waals surface area contributed by atoms with Gasteiger partial charge in [0.2, 0.25) is 0 Å². The summed E-state index contributed by atoms with van der Waals surface area (Å²) >= 11 is 0. The number of allylic oxidation sites excluding steroid dienone is 1. The Hall–Kier alpha value is -1.29. The van der Waals surface area contributed by atoms with Crippen molar-refractivity contribution in [2.45, 2.75) is 41.5 Å². The molecule has 0 saturated heterocycles. The van der Waals surface area contributed by atoms with E-state index in [2.05, 4.69) is 78.7 Å². The molecule has 2 heteroatoms. The summed E-state index contributed by atoms with van der Waals surface area (Å²) in [6.45, 7) is 17.4. The molecule has 0 bridgehead atoms. The van der Waals surface area contributed by atoms with Gasteiger partial charge in [0.05, 0.1) is 0 Å². The van der Waals surface area contributed by atoms with Gasteiger partial charge in [-0.25, -0.2) is 19.0 Å². The smallest absolute Gasteiger partial charge is 0.245 e. The van der Waals surface area contributed by atoms with Gasteiger partial charge in [-0.05, 0) is 41.5 Å². The van der Waals surface area contributed by atoms with Crippen molar-refractivity contribution in [1.82, 2.24) is 0 Å². The molecule has 2 rings (SSSR count). The van der Waals surface area contributed by atoms with Crippen molar-refractivity contribution in [3.05, 3.63) is 76.6 Å². The van der Waals surface area contributed by atoms with Crippen molar-refractivity contribution in [2.75, 3.05) is 0 Å². The summed E-state index contributed by atoms with van der Waals surface area (Å²) in [5.41, 5.74) is 10.9. The number of hydrogen-bond donors (Lipinski definition) is 0. The van der Waals surface area contributed by atoms with E-state index in [0.717, 1.165) is 0 Å². The van der Waals surface area contributed by atoms with Crippen molar-refractivity contribution in [1.29, 1.82) is 0 Å². The average molecular weight is 296 g/mol. The summed E-state index contributed by atoms with van der Waals surface area (Å²) in [5.74, 6) is 0. The zero-order valence-electron chi connectivity index (χ0n) is 15.7. The summed E-state index contributed by atoms with van der Waals surface area (Å²) < 4.78 is 0. The predicted octanol–water partition coefficient (Wildman–Crippen LogP) is 1.08. The van der Waals surface area contributed by atoms with Crippen LogP contribution in [0.1, 0.15) is 33.4 Å². The second kappa shape index (κ2) is 8.00. The summed E-state index contributed by atoms with van der Waals surface area (Å²) in [4.78, 5) is 0. The normalized spacial score (nSPS) is 10.0. The second-order valence-corrected chi connectivity index (χ2v) is 6.53. The molecule has 0 heterocycles. The van der Waals surface area contributed by atoms with Crippen LogP contribution < -0.4 is 29.8 Å². The molecule has 0 nitrogen and oxygen atoms in total. The third-order valence-electron chi connectivity index (χ3n) is 4.43. The molecule has 2 aromatic carbocycles. The van der Waals surface area contributed by atoms with Gasteiger partial charge in [-0.2, -0.15) is 0 Å². The fraction of sp³-hybridized carbons (Fsp3) is 0.286. The van der Waals surface area contributed by atoms with E-state index in [1.165, 1.54) is 44.3 Å². The van der Waals surface area contributed by atoms with Gasteiger partial charge in [-0.15, -0.1) is 0 Å². The molecule has 0 spiro atoms. The Bertz CT molecular complexity index is 612. The van der Waals surface area contributed by atoms with Crippen LogP contribution in [0.15, 0.2) is 36.9 Å². The first-order chi connectivity index (χ1) is 10.3.